The van der Waals surface area contributed by atoms with Gasteiger partial charge in [0.2, 0.25) is 0 Å². The lowest BCUT2D eigenvalue weighted by Crippen LogP contribution is -2.49. The van der Waals surface area contributed by atoms with Crippen LogP contribution in [0.1, 0.15) is 46.5 Å². The van der Waals surface area contributed by atoms with Crippen molar-refractivity contribution in [3.63, 3.8) is 0 Å². The van der Waals surface area contributed by atoms with Crippen molar-refractivity contribution < 1.29 is 14.6 Å². The smallest absolute Gasteiger partial charge is 0.334 e. The van der Waals surface area contributed by atoms with Gasteiger partial charge in [-0.25, -0.2) is 4.79 Å². The quantitative estimate of drug-likeness (QED) is 0.672. The van der Waals surface area contributed by atoms with E-state index >= 15 is 0 Å². The number of carbonyl (C=O) groups is 1. The molecule has 2 aliphatic carbocycles. The monoisotopic (exact) mass is 250 g/mol. The van der Waals surface area contributed by atoms with Crippen LogP contribution >= 0.6 is 0 Å². The van der Waals surface area contributed by atoms with E-state index in [9.17, 15) is 9.90 Å². The average molecular weight is 250 g/mol. The number of carbonyl (C=O) groups excluding carboxylic acids is 1. The minimum atomic E-state index is -0.193. The normalized spacial score (nSPS) is 47.7. The minimum absolute atomic E-state index is 0.0259. The molecule has 0 aromatic rings. The molecule has 3 heteroatoms. The molecular weight excluding hydrogens is 228 g/mol. The van der Waals surface area contributed by atoms with E-state index in [-0.39, 0.29) is 23.6 Å². The summed E-state index contributed by atoms with van der Waals surface area (Å²) >= 11 is 0. The molecule has 3 rings (SSSR count). The number of esters is 1. The SMILES string of the molecule is CC1=C2C[C@@]3(C)[C@H](CC[C@@H](O)[C@@H]3C)C[C@@H]2OC1=O. The fourth-order valence-corrected chi connectivity index (χ4v) is 4.22. The summed E-state index contributed by atoms with van der Waals surface area (Å²) in [5.41, 5.74) is 2.13. The van der Waals surface area contributed by atoms with Gasteiger partial charge in [0.1, 0.15) is 6.10 Å². The van der Waals surface area contributed by atoms with Crippen LogP contribution in [0, 0.1) is 17.3 Å². The average Bonchev–Trinajstić information content (AvgIpc) is 2.60. The first kappa shape index (κ1) is 12.2. The fraction of sp³-hybridized carbons (Fsp3) is 0.800. The molecule has 0 unspecified atom stereocenters. The summed E-state index contributed by atoms with van der Waals surface area (Å²) in [6.07, 6.45) is 3.65. The highest BCUT2D eigenvalue weighted by atomic mass is 16.5. The van der Waals surface area contributed by atoms with Gasteiger partial charge < -0.3 is 9.84 Å². The maximum Gasteiger partial charge on any atom is 0.334 e. The molecule has 2 fully saturated rings. The van der Waals surface area contributed by atoms with Crippen molar-refractivity contribution in [1.82, 2.24) is 0 Å². The van der Waals surface area contributed by atoms with E-state index < -0.39 is 0 Å². The lowest BCUT2D eigenvalue weighted by Gasteiger charge is -2.52. The van der Waals surface area contributed by atoms with Crippen LogP contribution in [0.25, 0.3) is 0 Å². The number of aliphatic hydroxyl groups is 1. The van der Waals surface area contributed by atoms with Crippen LogP contribution in [0.3, 0.4) is 0 Å². The molecule has 1 aliphatic heterocycles. The Hall–Kier alpha value is -0.830. The van der Waals surface area contributed by atoms with Crippen LogP contribution in [-0.4, -0.2) is 23.3 Å². The zero-order valence-corrected chi connectivity index (χ0v) is 11.4. The molecular formula is C15H22O3. The number of fused-ring (bicyclic) bond motifs is 2. The molecule has 18 heavy (non-hydrogen) atoms. The summed E-state index contributed by atoms with van der Waals surface area (Å²) in [5, 5.41) is 10.1. The lowest BCUT2D eigenvalue weighted by atomic mass is 9.53. The van der Waals surface area contributed by atoms with E-state index in [1.807, 2.05) is 6.92 Å². The Morgan fingerprint density at radius 1 is 1.39 bits per heavy atom. The third-order valence-electron chi connectivity index (χ3n) is 5.86. The van der Waals surface area contributed by atoms with Crippen molar-refractivity contribution in [2.75, 3.05) is 0 Å². The van der Waals surface area contributed by atoms with Crippen molar-refractivity contribution in [3.05, 3.63) is 11.1 Å². The first-order valence-electron chi connectivity index (χ1n) is 7.02. The molecule has 100 valence electrons. The van der Waals surface area contributed by atoms with Crippen molar-refractivity contribution in [1.29, 1.82) is 0 Å². The standard InChI is InChI=1S/C15H22O3/c1-8-11-7-15(3)9(2)12(16)5-4-10(15)6-13(11)18-14(8)17/h9-10,12-13,16H,4-7H2,1-3H3/t9-,10+,12+,13-,15+/m0/s1. The Kier molecular flexibility index (Phi) is 2.60. The zero-order valence-electron chi connectivity index (χ0n) is 11.4. The van der Waals surface area contributed by atoms with Crippen LogP contribution < -0.4 is 0 Å². The van der Waals surface area contributed by atoms with E-state index in [0.29, 0.717) is 11.8 Å². The summed E-state index contributed by atoms with van der Waals surface area (Å²) in [7, 11) is 0. The molecule has 2 saturated carbocycles. The first-order valence-corrected chi connectivity index (χ1v) is 7.02. The first-order chi connectivity index (χ1) is 8.43. The zero-order chi connectivity index (χ0) is 13.1. The molecule has 3 nitrogen and oxygen atoms in total. The molecule has 0 aromatic carbocycles. The maximum atomic E-state index is 11.7. The van der Waals surface area contributed by atoms with E-state index in [0.717, 1.165) is 31.3 Å². The van der Waals surface area contributed by atoms with Gasteiger partial charge in [0.15, 0.2) is 0 Å². The predicted octanol–water partition coefficient (Wildman–Crippen LogP) is 2.44. The third-order valence-corrected chi connectivity index (χ3v) is 5.86. The van der Waals surface area contributed by atoms with Gasteiger partial charge in [-0.05, 0) is 55.4 Å². The lowest BCUT2D eigenvalue weighted by molar-refractivity contribution is -0.143. The highest BCUT2D eigenvalue weighted by Crippen LogP contribution is 2.56. The summed E-state index contributed by atoms with van der Waals surface area (Å²) in [6.45, 7) is 6.32. The molecule has 0 amide bonds. The molecule has 1 N–H and O–H groups in total. The maximum absolute atomic E-state index is 11.7. The molecule has 0 aromatic heterocycles. The molecule has 5 atom stereocenters. The third kappa shape index (κ3) is 1.49. The van der Waals surface area contributed by atoms with Crippen molar-refractivity contribution >= 4 is 5.97 Å². The predicted molar refractivity (Wildman–Crippen MR) is 67.8 cm³/mol. The van der Waals surface area contributed by atoms with E-state index in [1.54, 1.807) is 0 Å². The number of ether oxygens (including phenoxy) is 1. The Bertz CT molecular complexity index is 425. The molecule has 1 heterocycles. The van der Waals surface area contributed by atoms with Gasteiger partial charge in [0.05, 0.1) is 6.10 Å². The molecule has 0 radical (unpaired) electrons. The minimum Gasteiger partial charge on any atom is -0.454 e. The van der Waals surface area contributed by atoms with Crippen LogP contribution in [-0.2, 0) is 9.53 Å². The second kappa shape index (κ2) is 3.83. The highest BCUT2D eigenvalue weighted by molar-refractivity contribution is 5.91. The molecule has 0 spiro atoms. The second-order valence-corrected chi connectivity index (χ2v) is 6.59. The highest BCUT2D eigenvalue weighted by Gasteiger charge is 2.52. The fourth-order valence-electron chi connectivity index (χ4n) is 4.22. The van der Waals surface area contributed by atoms with Gasteiger partial charge in [-0.15, -0.1) is 0 Å². The summed E-state index contributed by atoms with van der Waals surface area (Å²) in [6, 6.07) is 0. The number of aliphatic hydroxyl groups excluding tert-OH is 1. The van der Waals surface area contributed by atoms with Gasteiger partial charge >= 0.3 is 5.97 Å². The van der Waals surface area contributed by atoms with Gasteiger partial charge in [-0.2, -0.15) is 0 Å². The van der Waals surface area contributed by atoms with Crippen LogP contribution in [0.4, 0.5) is 0 Å². The topological polar surface area (TPSA) is 46.5 Å². The van der Waals surface area contributed by atoms with E-state index in [4.69, 9.17) is 4.74 Å². The molecule has 0 saturated heterocycles. The number of hydrogen-bond acceptors (Lipinski definition) is 3. The van der Waals surface area contributed by atoms with Gasteiger partial charge in [-0.1, -0.05) is 13.8 Å². The van der Waals surface area contributed by atoms with Crippen LogP contribution in [0.5, 0.6) is 0 Å². The number of hydrogen-bond donors (Lipinski definition) is 1. The summed E-state index contributed by atoms with van der Waals surface area (Å²) in [5.74, 6) is 0.738. The van der Waals surface area contributed by atoms with Crippen LogP contribution in [0.15, 0.2) is 11.1 Å². The van der Waals surface area contributed by atoms with E-state index in [2.05, 4.69) is 13.8 Å². The Balaban J connectivity index is 1.96. The molecule has 3 aliphatic rings. The Morgan fingerprint density at radius 2 is 2.11 bits per heavy atom. The summed E-state index contributed by atoms with van der Waals surface area (Å²) in [4.78, 5) is 11.7. The largest absolute Gasteiger partial charge is 0.454 e. The molecule has 0 bridgehead atoms. The van der Waals surface area contributed by atoms with E-state index in [1.165, 1.54) is 5.57 Å². The Morgan fingerprint density at radius 3 is 2.83 bits per heavy atom. The van der Waals surface area contributed by atoms with Gasteiger partial charge in [-0.3, -0.25) is 0 Å². The second-order valence-electron chi connectivity index (χ2n) is 6.59. The van der Waals surface area contributed by atoms with Crippen molar-refractivity contribution in [3.8, 4) is 0 Å². The van der Waals surface area contributed by atoms with Gasteiger partial charge in [0.25, 0.3) is 0 Å². The summed E-state index contributed by atoms with van der Waals surface area (Å²) < 4.78 is 5.46. The Labute approximate surface area is 108 Å². The van der Waals surface area contributed by atoms with Crippen molar-refractivity contribution in [2.45, 2.75) is 58.7 Å². The number of rotatable bonds is 0. The van der Waals surface area contributed by atoms with Crippen LogP contribution in [0.2, 0.25) is 0 Å². The van der Waals surface area contributed by atoms with Gasteiger partial charge in [0, 0.05) is 5.57 Å². The van der Waals surface area contributed by atoms with Crippen molar-refractivity contribution in [2.24, 2.45) is 17.3 Å².